The van der Waals surface area contributed by atoms with Crippen molar-refractivity contribution in [3.63, 3.8) is 0 Å². The average Bonchev–Trinajstić information content (AvgIpc) is 2.78. The van der Waals surface area contributed by atoms with Crippen molar-refractivity contribution in [2.45, 2.75) is 32.5 Å². The summed E-state index contributed by atoms with van der Waals surface area (Å²) in [5.74, 6) is 1.10. The minimum absolute atomic E-state index is 0.166. The van der Waals surface area contributed by atoms with Gasteiger partial charge in [-0.05, 0) is 5.92 Å². The Hall–Kier alpha value is -0.980. The number of aliphatic hydroxyl groups is 1. The van der Waals surface area contributed by atoms with E-state index in [4.69, 9.17) is 14.0 Å². The molecule has 2 atom stereocenters. The molecule has 96 valence electrons. The van der Waals surface area contributed by atoms with Crippen LogP contribution in [0.1, 0.15) is 31.7 Å². The Morgan fingerprint density at radius 2 is 2.24 bits per heavy atom. The SMILES string of the molecule is CC(C)C(O)Cc1nc(C2COCCO2)no1. The molecule has 1 aromatic rings. The van der Waals surface area contributed by atoms with Crippen LogP contribution in [-0.4, -0.2) is 41.2 Å². The Morgan fingerprint density at radius 1 is 1.41 bits per heavy atom. The maximum Gasteiger partial charge on any atom is 0.229 e. The molecule has 0 saturated carbocycles. The van der Waals surface area contributed by atoms with Crippen LogP contribution >= 0.6 is 0 Å². The molecular weight excluding hydrogens is 224 g/mol. The number of nitrogens with zero attached hydrogens (tertiary/aromatic N) is 2. The van der Waals surface area contributed by atoms with Gasteiger partial charge in [0.25, 0.3) is 0 Å². The van der Waals surface area contributed by atoms with Crippen LogP contribution in [0.5, 0.6) is 0 Å². The fourth-order valence-electron chi connectivity index (χ4n) is 1.53. The first kappa shape index (κ1) is 12.5. The Balaban J connectivity index is 1.95. The number of ether oxygens (including phenoxy) is 2. The molecule has 2 heterocycles. The molecule has 1 aliphatic heterocycles. The van der Waals surface area contributed by atoms with E-state index >= 15 is 0 Å². The van der Waals surface area contributed by atoms with Gasteiger partial charge in [-0.2, -0.15) is 4.98 Å². The van der Waals surface area contributed by atoms with Crippen LogP contribution in [0.4, 0.5) is 0 Å². The molecule has 2 rings (SSSR count). The summed E-state index contributed by atoms with van der Waals surface area (Å²) in [4.78, 5) is 4.21. The van der Waals surface area contributed by atoms with Crippen LogP contribution in [0.15, 0.2) is 4.52 Å². The lowest BCUT2D eigenvalue weighted by Gasteiger charge is -2.19. The van der Waals surface area contributed by atoms with Crippen molar-refractivity contribution in [2.75, 3.05) is 19.8 Å². The van der Waals surface area contributed by atoms with E-state index in [0.29, 0.717) is 38.0 Å². The first-order chi connectivity index (χ1) is 8.16. The molecule has 1 N–H and O–H groups in total. The molecule has 0 spiro atoms. The zero-order valence-corrected chi connectivity index (χ0v) is 10.1. The monoisotopic (exact) mass is 242 g/mol. The third-order valence-corrected chi connectivity index (χ3v) is 2.74. The van der Waals surface area contributed by atoms with Gasteiger partial charge < -0.3 is 19.1 Å². The number of aliphatic hydroxyl groups excluding tert-OH is 1. The van der Waals surface area contributed by atoms with Gasteiger partial charge in [-0.3, -0.25) is 0 Å². The van der Waals surface area contributed by atoms with Gasteiger partial charge in [0.15, 0.2) is 0 Å². The van der Waals surface area contributed by atoms with Gasteiger partial charge in [-0.15, -0.1) is 0 Å². The average molecular weight is 242 g/mol. The van der Waals surface area contributed by atoms with Gasteiger partial charge in [-0.25, -0.2) is 0 Å². The fraction of sp³-hybridized carbons (Fsp3) is 0.818. The standard InChI is InChI=1S/C11H18N2O4/c1-7(2)8(14)5-10-12-11(13-17-10)9-6-15-3-4-16-9/h7-9,14H,3-6H2,1-2H3. The van der Waals surface area contributed by atoms with Crippen LogP contribution in [0.2, 0.25) is 0 Å². The van der Waals surface area contributed by atoms with Crippen LogP contribution in [0, 0.1) is 5.92 Å². The molecule has 0 amide bonds. The van der Waals surface area contributed by atoms with Crippen molar-refractivity contribution >= 4 is 0 Å². The molecule has 1 aliphatic rings. The Bertz CT molecular complexity index is 347. The molecule has 17 heavy (non-hydrogen) atoms. The second-order valence-electron chi connectivity index (χ2n) is 4.50. The molecular formula is C11H18N2O4. The summed E-state index contributed by atoms with van der Waals surface area (Å²) in [7, 11) is 0. The molecule has 6 heteroatoms. The first-order valence-electron chi connectivity index (χ1n) is 5.86. The minimum Gasteiger partial charge on any atom is -0.392 e. The second kappa shape index (κ2) is 5.57. The third kappa shape index (κ3) is 3.24. The van der Waals surface area contributed by atoms with E-state index < -0.39 is 6.10 Å². The normalized spacial score (nSPS) is 22.9. The third-order valence-electron chi connectivity index (χ3n) is 2.74. The molecule has 1 fully saturated rings. The van der Waals surface area contributed by atoms with E-state index in [9.17, 15) is 5.11 Å². The highest BCUT2D eigenvalue weighted by Gasteiger charge is 2.23. The van der Waals surface area contributed by atoms with Crippen molar-refractivity contribution in [1.82, 2.24) is 10.1 Å². The van der Waals surface area contributed by atoms with E-state index in [0.717, 1.165) is 0 Å². The van der Waals surface area contributed by atoms with Crippen LogP contribution in [-0.2, 0) is 15.9 Å². The summed E-state index contributed by atoms with van der Waals surface area (Å²) in [6.45, 7) is 5.49. The molecule has 0 bridgehead atoms. The lowest BCUT2D eigenvalue weighted by atomic mass is 10.0. The second-order valence-corrected chi connectivity index (χ2v) is 4.50. The number of aromatic nitrogens is 2. The van der Waals surface area contributed by atoms with Gasteiger partial charge in [0.05, 0.1) is 32.3 Å². The number of hydrogen-bond acceptors (Lipinski definition) is 6. The van der Waals surface area contributed by atoms with Crippen LogP contribution < -0.4 is 0 Å². The zero-order chi connectivity index (χ0) is 12.3. The molecule has 0 radical (unpaired) electrons. The Kier molecular flexibility index (Phi) is 4.09. The van der Waals surface area contributed by atoms with Crippen LogP contribution in [0.25, 0.3) is 0 Å². The number of rotatable bonds is 4. The zero-order valence-electron chi connectivity index (χ0n) is 10.1. The summed E-state index contributed by atoms with van der Waals surface area (Å²) in [5.41, 5.74) is 0. The fourth-order valence-corrected chi connectivity index (χ4v) is 1.53. The lowest BCUT2D eigenvalue weighted by molar-refractivity contribution is -0.0941. The summed E-state index contributed by atoms with van der Waals surface area (Å²) in [6, 6.07) is 0. The van der Waals surface area contributed by atoms with Gasteiger partial charge in [-0.1, -0.05) is 19.0 Å². The van der Waals surface area contributed by atoms with Crippen molar-refractivity contribution < 1.29 is 19.1 Å². The van der Waals surface area contributed by atoms with Crippen molar-refractivity contribution in [2.24, 2.45) is 5.92 Å². The molecule has 0 aromatic carbocycles. The Morgan fingerprint density at radius 3 is 2.88 bits per heavy atom. The highest BCUT2D eigenvalue weighted by molar-refractivity contribution is 4.93. The van der Waals surface area contributed by atoms with Gasteiger partial charge in [0.1, 0.15) is 6.10 Å². The van der Waals surface area contributed by atoms with E-state index in [1.165, 1.54) is 0 Å². The maximum atomic E-state index is 9.72. The van der Waals surface area contributed by atoms with Crippen molar-refractivity contribution in [3.8, 4) is 0 Å². The van der Waals surface area contributed by atoms with Crippen molar-refractivity contribution in [1.29, 1.82) is 0 Å². The topological polar surface area (TPSA) is 77.6 Å². The highest BCUT2D eigenvalue weighted by atomic mass is 16.6. The summed E-state index contributed by atoms with van der Waals surface area (Å²) in [5, 5.41) is 13.6. The summed E-state index contributed by atoms with van der Waals surface area (Å²) in [6.07, 6.45) is -0.345. The summed E-state index contributed by atoms with van der Waals surface area (Å²) >= 11 is 0. The molecule has 2 unspecified atom stereocenters. The van der Waals surface area contributed by atoms with Gasteiger partial charge in [0.2, 0.25) is 11.7 Å². The minimum atomic E-state index is -0.466. The largest absolute Gasteiger partial charge is 0.392 e. The molecule has 6 nitrogen and oxygen atoms in total. The predicted molar refractivity (Wildman–Crippen MR) is 58.4 cm³/mol. The number of hydrogen-bond donors (Lipinski definition) is 1. The highest BCUT2D eigenvalue weighted by Crippen LogP contribution is 2.18. The quantitative estimate of drug-likeness (QED) is 0.838. The summed E-state index contributed by atoms with van der Waals surface area (Å²) < 4.78 is 15.8. The van der Waals surface area contributed by atoms with E-state index in [1.807, 2.05) is 13.8 Å². The van der Waals surface area contributed by atoms with Crippen LogP contribution in [0.3, 0.4) is 0 Å². The van der Waals surface area contributed by atoms with Gasteiger partial charge >= 0.3 is 0 Å². The molecule has 1 aromatic heterocycles. The van der Waals surface area contributed by atoms with E-state index in [1.54, 1.807) is 0 Å². The smallest absolute Gasteiger partial charge is 0.229 e. The molecule has 1 saturated heterocycles. The van der Waals surface area contributed by atoms with Gasteiger partial charge in [0, 0.05) is 0 Å². The lowest BCUT2D eigenvalue weighted by Crippen LogP contribution is -2.23. The first-order valence-corrected chi connectivity index (χ1v) is 5.86. The van der Waals surface area contributed by atoms with E-state index in [2.05, 4.69) is 10.1 Å². The Labute approximate surface area is 99.9 Å². The maximum absolute atomic E-state index is 9.72. The van der Waals surface area contributed by atoms with Crippen molar-refractivity contribution in [3.05, 3.63) is 11.7 Å². The molecule has 0 aliphatic carbocycles. The predicted octanol–water partition coefficient (Wildman–Crippen LogP) is 0.717. The van der Waals surface area contributed by atoms with E-state index in [-0.39, 0.29) is 12.0 Å².